The number of aliphatic imine (C=N–C) groups is 1. The van der Waals surface area contributed by atoms with Crippen LogP contribution in [0.5, 0.6) is 0 Å². The summed E-state index contributed by atoms with van der Waals surface area (Å²) in [5, 5.41) is 0. The number of rotatable bonds is 3. The van der Waals surface area contributed by atoms with Crippen molar-refractivity contribution in [3.05, 3.63) is 46.1 Å². The molecule has 0 saturated heterocycles. The highest BCUT2D eigenvalue weighted by Crippen LogP contribution is 2.16. The lowest BCUT2D eigenvalue weighted by atomic mass is 10.1. The average Bonchev–Trinajstić information content (AvgIpc) is 2.22. The van der Waals surface area contributed by atoms with E-state index in [0.717, 1.165) is 16.6 Å². The van der Waals surface area contributed by atoms with Gasteiger partial charge in [-0.25, -0.2) is 0 Å². The first-order valence-corrected chi connectivity index (χ1v) is 5.90. The van der Waals surface area contributed by atoms with Crippen molar-refractivity contribution in [3.63, 3.8) is 0 Å². The first-order chi connectivity index (χ1) is 7.15. The highest BCUT2D eigenvalue weighted by Gasteiger charge is 2.01. The van der Waals surface area contributed by atoms with E-state index >= 15 is 0 Å². The Morgan fingerprint density at radius 1 is 1.47 bits per heavy atom. The van der Waals surface area contributed by atoms with Gasteiger partial charge in [0.2, 0.25) is 0 Å². The van der Waals surface area contributed by atoms with E-state index in [0.29, 0.717) is 0 Å². The fourth-order valence-corrected chi connectivity index (χ4v) is 1.68. The van der Waals surface area contributed by atoms with E-state index in [9.17, 15) is 0 Å². The van der Waals surface area contributed by atoms with E-state index in [-0.39, 0.29) is 0 Å². The fraction of sp³-hybridized carbons (Fsp3) is 0.308. The Kier molecular flexibility index (Phi) is 4.76. The number of hydrogen-bond donors (Lipinski definition) is 0. The normalized spacial score (nSPS) is 12.4. The molecule has 15 heavy (non-hydrogen) atoms. The molecular formula is C13H16BrN. The van der Waals surface area contributed by atoms with Gasteiger partial charge in [0.15, 0.2) is 0 Å². The van der Waals surface area contributed by atoms with Gasteiger partial charge in [-0.05, 0) is 43.5 Å². The van der Waals surface area contributed by atoms with Gasteiger partial charge in [0, 0.05) is 16.4 Å². The van der Waals surface area contributed by atoms with Crippen molar-refractivity contribution >= 4 is 21.6 Å². The molecule has 0 saturated carbocycles. The molecule has 0 spiro atoms. The van der Waals surface area contributed by atoms with Gasteiger partial charge in [0.25, 0.3) is 0 Å². The summed E-state index contributed by atoms with van der Waals surface area (Å²) in [4.78, 5) is 4.40. The van der Waals surface area contributed by atoms with E-state index in [1.54, 1.807) is 0 Å². The van der Waals surface area contributed by atoms with Crippen LogP contribution in [-0.2, 0) is 0 Å². The second-order valence-electron chi connectivity index (χ2n) is 3.47. The molecule has 0 aromatic heterocycles. The summed E-state index contributed by atoms with van der Waals surface area (Å²) in [6.45, 7) is 6.24. The van der Waals surface area contributed by atoms with Crippen molar-refractivity contribution in [1.29, 1.82) is 0 Å². The minimum absolute atomic E-state index is 1.02. The van der Waals surface area contributed by atoms with E-state index in [1.165, 1.54) is 11.1 Å². The summed E-state index contributed by atoms with van der Waals surface area (Å²) in [5.74, 6) is 0. The number of allylic oxidation sites excluding steroid dienone is 1. The Morgan fingerprint density at radius 2 is 2.20 bits per heavy atom. The molecule has 0 radical (unpaired) electrons. The predicted molar refractivity (Wildman–Crippen MR) is 70.5 cm³/mol. The molecule has 1 aromatic rings. The predicted octanol–water partition coefficient (Wildman–Crippen LogP) is 4.49. The molecule has 0 aliphatic rings. The molecule has 0 atom stereocenters. The van der Waals surface area contributed by atoms with Crippen LogP contribution in [-0.4, -0.2) is 5.71 Å². The van der Waals surface area contributed by atoms with E-state index in [4.69, 9.17) is 0 Å². The minimum Gasteiger partial charge on any atom is -0.261 e. The number of hydrogen-bond acceptors (Lipinski definition) is 1. The van der Waals surface area contributed by atoms with Crippen LogP contribution in [0.1, 0.15) is 31.4 Å². The molecule has 0 aliphatic carbocycles. The van der Waals surface area contributed by atoms with Gasteiger partial charge < -0.3 is 0 Å². The lowest BCUT2D eigenvalue weighted by molar-refractivity contribution is 1.21. The van der Waals surface area contributed by atoms with Gasteiger partial charge in [0.05, 0.1) is 0 Å². The standard InChI is InChI=1S/C13H16BrN/c1-4-5-8-15-11(3)13-9-12(14)7-6-10(13)2/h5-9H,4H2,1-3H3/b8-5+,15-11?. The van der Waals surface area contributed by atoms with Crippen LogP contribution in [0, 0.1) is 6.92 Å². The maximum Gasteiger partial charge on any atom is 0.0447 e. The van der Waals surface area contributed by atoms with Gasteiger partial charge in [-0.3, -0.25) is 4.99 Å². The third kappa shape index (κ3) is 3.63. The quantitative estimate of drug-likeness (QED) is 0.715. The summed E-state index contributed by atoms with van der Waals surface area (Å²) in [6.07, 6.45) is 4.95. The third-order valence-electron chi connectivity index (χ3n) is 2.20. The van der Waals surface area contributed by atoms with Crippen LogP contribution in [0.3, 0.4) is 0 Å². The van der Waals surface area contributed by atoms with E-state index < -0.39 is 0 Å². The van der Waals surface area contributed by atoms with Crippen molar-refractivity contribution in [2.24, 2.45) is 4.99 Å². The molecule has 1 rings (SSSR count). The van der Waals surface area contributed by atoms with Crippen molar-refractivity contribution in [3.8, 4) is 0 Å². The molecule has 0 fully saturated rings. The molecular weight excluding hydrogens is 250 g/mol. The van der Waals surface area contributed by atoms with E-state index in [2.05, 4.69) is 53.0 Å². The average molecular weight is 266 g/mol. The van der Waals surface area contributed by atoms with Crippen LogP contribution < -0.4 is 0 Å². The lowest BCUT2D eigenvalue weighted by Crippen LogP contribution is -1.97. The van der Waals surface area contributed by atoms with Gasteiger partial charge in [-0.1, -0.05) is 35.0 Å². The van der Waals surface area contributed by atoms with Crippen LogP contribution >= 0.6 is 15.9 Å². The molecule has 0 amide bonds. The van der Waals surface area contributed by atoms with Gasteiger partial charge in [0.1, 0.15) is 0 Å². The SMILES string of the molecule is CC/C=C/N=C(C)c1cc(Br)ccc1C. The van der Waals surface area contributed by atoms with Crippen molar-refractivity contribution < 1.29 is 0 Å². The zero-order valence-electron chi connectivity index (χ0n) is 9.42. The summed E-state index contributed by atoms with van der Waals surface area (Å²) in [5.41, 5.74) is 3.51. The lowest BCUT2D eigenvalue weighted by Gasteiger charge is -2.04. The first-order valence-electron chi connectivity index (χ1n) is 5.11. The van der Waals surface area contributed by atoms with Gasteiger partial charge in [-0.2, -0.15) is 0 Å². The summed E-state index contributed by atoms with van der Waals surface area (Å²) in [7, 11) is 0. The van der Waals surface area contributed by atoms with E-state index in [1.807, 2.05) is 19.2 Å². The second kappa shape index (κ2) is 5.86. The molecule has 80 valence electrons. The van der Waals surface area contributed by atoms with Crippen molar-refractivity contribution in [1.82, 2.24) is 0 Å². The summed E-state index contributed by atoms with van der Waals surface area (Å²) >= 11 is 3.47. The summed E-state index contributed by atoms with van der Waals surface area (Å²) in [6, 6.07) is 6.25. The Labute approximate surface area is 100 Å². The highest BCUT2D eigenvalue weighted by atomic mass is 79.9. The molecule has 0 N–H and O–H groups in total. The first kappa shape index (κ1) is 12.2. The Morgan fingerprint density at radius 3 is 2.87 bits per heavy atom. The van der Waals surface area contributed by atoms with Gasteiger partial charge in [-0.15, -0.1) is 0 Å². The maximum absolute atomic E-state index is 4.40. The minimum atomic E-state index is 1.02. The Bertz CT molecular complexity index is 392. The van der Waals surface area contributed by atoms with Crippen LogP contribution in [0.15, 0.2) is 39.9 Å². The Balaban J connectivity index is 2.99. The van der Waals surface area contributed by atoms with Crippen LogP contribution in [0.2, 0.25) is 0 Å². The molecule has 0 bridgehead atoms. The molecule has 1 nitrogen and oxygen atoms in total. The van der Waals surface area contributed by atoms with Crippen molar-refractivity contribution in [2.75, 3.05) is 0 Å². The number of aryl methyl sites for hydroxylation is 1. The smallest absolute Gasteiger partial charge is 0.0447 e. The molecule has 1 aromatic carbocycles. The van der Waals surface area contributed by atoms with Crippen molar-refractivity contribution in [2.45, 2.75) is 27.2 Å². The van der Waals surface area contributed by atoms with Gasteiger partial charge >= 0.3 is 0 Å². The number of benzene rings is 1. The zero-order chi connectivity index (χ0) is 11.3. The number of nitrogens with zero attached hydrogens (tertiary/aromatic N) is 1. The topological polar surface area (TPSA) is 12.4 Å². The fourth-order valence-electron chi connectivity index (χ4n) is 1.32. The largest absolute Gasteiger partial charge is 0.261 e. The molecule has 0 heterocycles. The maximum atomic E-state index is 4.40. The highest BCUT2D eigenvalue weighted by molar-refractivity contribution is 9.10. The third-order valence-corrected chi connectivity index (χ3v) is 2.69. The second-order valence-corrected chi connectivity index (χ2v) is 4.38. The zero-order valence-corrected chi connectivity index (χ0v) is 11.0. The van der Waals surface area contributed by atoms with Crippen LogP contribution in [0.25, 0.3) is 0 Å². The molecule has 2 heteroatoms. The Hall–Kier alpha value is -0.890. The monoisotopic (exact) mass is 265 g/mol. The molecule has 0 aliphatic heterocycles. The number of halogens is 1. The molecule has 0 unspecified atom stereocenters. The summed E-state index contributed by atoms with van der Waals surface area (Å²) < 4.78 is 1.09. The van der Waals surface area contributed by atoms with Crippen LogP contribution in [0.4, 0.5) is 0 Å².